The summed E-state index contributed by atoms with van der Waals surface area (Å²) >= 11 is 0. The van der Waals surface area contributed by atoms with Crippen molar-refractivity contribution in [3.63, 3.8) is 0 Å². The van der Waals surface area contributed by atoms with E-state index in [0.29, 0.717) is 11.3 Å². The minimum absolute atomic E-state index is 0.212. The van der Waals surface area contributed by atoms with E-state index in [4.69, 9.17) is 4.42 Å². The molecule has 4 aromatic rings. The normalized spacial score (nSPS) is 10.3. The van der Waals surface area contributed by atoms with E-state index in [1.807, 2.05) is 91.9 Å². The maximum atomic E-state index is 15.3. The van der Waals surface area contributed by atoms with E-state index in [1.165, 1.54) is 0 Å². The number of hydrogen-bond donors (Lipinski definition) is 0. The zero-order chi connectivity index (χ0) is 18.6. The lowest BCUT2D eigenvalue weighted by Gasteiger charge is -1.99. The minimum Gasteiger partial charge on any atom is -0.452 e. The largest absolute Gasteiger partial charge is 0.452 e. The van der Waals surface area contributed by atoms with E-state index in [-0.39, 0.29) is 11.3 Å². The van der Waals surface area contributed by atoms with Gasteiger partial charge in [0.05, 0.1) is 0 Å². The summed E-state index contributed by atoms with van der Waals surface area (Å²) in [6.45, 7) is 2.01. The molecular formula is C25H17FO. The van der Waals surface area contributed by atoms with Crippen LogP contribution in [0.15, 0.2) is 89.3 Å². The molecule has 3 aromatic carbocycles. The second kappa shape index (κ2) is 7.35. The topological polar surface area (TPSA) is 13.1 Å². The molecule has 0 aliphatic heterocycles. The molecule has 0 spiro atoms. The predicted octanol–water partition coefficient (Wildman–Crippen LogP) is 6.46. The van der Waals surface area contributed by atoms with Crippen LogP contribution in [0.3, 0.4) is 0 Å². The SMILES string of the molecule is Cc1ccc(-c2oc(-c3ccccc3)c(F)c2C#Cc2ccccc2)cc1. The molecule has 0 aliphatic carbocycles. The number of rotatable bonds is 2. The van der Waals surface area contributed by atoms with Crippen molar-refractivity contribution in [3.05, 3.63) is 107 Å². The zero-order valence-electron chi connectivity index (χ0n) is 14.9. The van der Waals surface area contributed by atoms with Gasteiger partial charge in [0.15, 0.2) is 17.3 Å². The lowest BCUT2D eigenvalue weighted by molar-refractivity contribution is 0.557. The van der Waals surface area contributed by atoms with Crippen molar-refractivity contribution in [2.75, 3.05) is 0 Å². The van der Waals surface area contributed by atoms with Gasteiger partial charge in [0.1, 0.15) is 5.56 Å². The number of furan rings is 1. The third-order valence-electron chi connectivity index (χ3n) is 4.31. The number of hydrogen-bond acceptors (Lipinski definition) is 1. The molecule has 2 heteroatoms. The molecule has 0 saturated carbocycles. The monoisotopic (exact) mass is 352 g/mol. The fraction of sp³-hybridized carbons (Fsp3) is 0.0400. The van der Waals surface area contributed by atoms with Crippen molar-refractivity contribution < 1.29 is 8.81 Å². The van der Waals surface area contributed by atoms with Crippen LogP contribution < -0.4 is 0 Å². The molecule has 130 valence electrons. The lowest BCUT2D eigenvalue weighted by atomic mass is 10.1. The van der Waals surface area contributed by atoms with Crippen LogP contribution in [-0.4, -0.2) is 0 Å². The van der Waals surface area contributed by atoms with Crippen molar-refractivity contribution in [2.45, 2.75) is 6.92 Å². The highest BCUT2D eigenvalue weighted by molar-refractivity contribution is 5.73. The summed E-state index contributed by atoms with van der Waals surface area (Å²) in [7, 11) is 0. The summed E-state index contributed by atoms with van der Waals surface area (Å²) in [6.07, 6.45) is 0. The smallest absolute Gasteiger partial charge is 0.185 e. The molecule has 0 radical (unpaired) electrons. The average molecular weight is 352 g/mol. The van der Waals surface area contributed by atoms with Crippen LogP contribution in [0.4, 0.5) is 4.39 Å². The minimum atomic E-state index is -0.430. The van der Waals surface area contributed by atoms with Gasteiger partial charge in [0.2, 0.25) is 0 Å². The summed E-state index contributed by atoms with van der Waals surface area (Å²) in [5.41, 5.74) is 3.73. The molecule has 0 fully saturated rings. The van der Waals surface area contributed by atoms with Crippen molar-refractivity contribution >= 4 is 0 Å². The molecule has 27 heavy (non-hydrogen) atoms. The molecule has 1 nitrogen and oxygen atoms in total. The van der Waals surface area contributed by atoms with Gasteiger partial charge < -0.3 is 4.42 Å². The first-order valence-electron chi connectivity index (χ1n) is 8.74. The van der Waals surface area contributed by atoms with Crippen molar-refractivity contribution in [3.8, 4) is 34.5 Å². The van der Waals surface area contributed by atoms with Crippen molar-refractivity contribution in [2.24, 2.45) is 0 Å². The molecule has 0 aliphatic rings. The van der Waals surface area contributed by atoms with Gasteiger partial charge in [-0.1, -0.05) is 90.2 Å². The maximum Gasteiger partial charge on any atom is 0.185 e. The van der Waals surface area contributed by atoms with E-state index < -0.39 is 5.82 Å². The van der Waals surface area contributed by atoms with Crippen LogP contribution in [0.2, 0.25) is 0 Å². The Morgan fingerprint density at radius 2 is 1.26 bits per heavy atom. The van der Waals surface area contributed by atoms with Gasteiger partial charge in [0.25, 0.3) is 0 Å². The highest BCUT2D eigenvalue weighted by Gasteiger charge is 2.21. The van der Waals surface area contributed by atoms with Gasteiger partial charge in [-0.2, -0.15) is 0 Å². The highest BCUT2D eigenvalue weighted by Crippen LogP contribution is 2.35. The number of benzene rings is 3. The van der Waals surface area contributed by atoms with E-state index in [2.05, 4.69) is 11.8 Å². The Morgan fingerprint density at radius 1 is 0.667 bits per heavy atom. The molecule has 0 atom stereocenters. The van der Waals surface area contributed by atoms with E-state index in [9.17, 15) is 0 Å². The van der Waals surface area contributed by atoms with Gasteiger partial charge in [-0.25, -0.2) is 4.39 Å². The van der Waals surface area contributed by atoms with Gasteiger partial charge in [-0.05, 0) is 19.1 Å². The fourth-order valence-corrected chi connectivity index (χ4v) is 2.86. The molecule has 4 rings (SSSR count). The predicted molar refractivity (Wildman–Crippen MR) is 107 cm³/mol. The zero-order valence-corrected chi connectivity index (χ0v) is 14.9. The first kappa shape index (κ1) is 16.9. The molecule has 0 amide bonds. The third-order valence-corrected chi connectivity index (χ3v) is 4.31. The van der Waals surface area contributed by atoms with Gasteiger partial charge in [0, 0.05) is 16.7 Å². The van der Waals surface area contributed by atoms with Gasteiger partial charge in [-0.3, -0.25) is 0 Å². The van der Waals surface area contributed by atoms with Crippen LogP contribution in [-0.2, 0) is 0 Å². The van der Waals surface area contributed by atoms with Crippen LogP contribution in [0, 0.1) is 24.6 Å². The average Bonchev–Trinajstić information content (AvgIpc) is 3.05. The number of halogens is 1. The highest BCUT2D eigenvalue weighted by atomic mass is 19.1. The Morgan fingerprint density at radius 3 is 1.93 bits per heavy atom. The first-order valence-corrected chi connectivity index (χ1v) is 8.74. The Kier molecular flexibility index (Phi) is 4.60. The summed E-state index contributed by atoms with van der Waals surface area (Å²) < 4.78 is 21.2. The molecule has 1 heterocycles. The lowest BCUT2D eigenvalue weighted by Crippen LogP contribution is -1.84. The summed E-state index contributed by atoms with van der Waals surface area (Å²) in [4.78, 5) is 0. The maximum absolute atomic E-state index is 15.3. The Labute approximate surface area is 158 Å². The Balaban J connectivity index is 1.88. The third kappa shape index (κ3) is 3.54. The summed E-state index contributed by atoms with van der Waals surface area (Å²) in [5, 5.41) is 0. The van der Waals surface area contributed by atoms with Crippen LogP contribution in [0.5, 0.6) is 0 Å². The summed E-state index contributed by atoms with van der Waals surface area (Å²) in [5.74, 6) is 6.26. The van der Waals surface area contributed by atoms with Crippen LogP contribution in [0.25, 0.3) is 22.6 Å². The molecule has 0 bridgehead atoms. The van der Waals surface area contributed by atoms with Crippen LogP contribution >= 0.6 is 0 Å². The molecule has 0 saturated heterocycles. The van der Waals surface area contributed by atoms with E-state index in [0.717, 1.165) is 16.7 Å². The molecule has 0 unspecified atom stereocenters. The molecule has 1 aromatic heterocycles. The second-order valence-corrected chi connectivity index (χ2v) is 6.30. The van der Waals surface area contributed by atoms with Crippen molar-refractivity contribution in [1.82, 2.24) is 0 Å². The molecular weight excluding hydrogens is 335 g/mol. The first-order chi connectivity index (χ1) is 13.2. The van der Waals surface area contributed by atoms with Crippen molar-refractivity contribution in [1.29, 1.82) is 0 Å². The van der Waals surface area contributed by atoms with E-state index >= 15 is 4.39 Å². The van der Waals surface area contributed by atoms with Gasteiger partial charge >= 0.3 is 0 Å². The fourth-order valence-electron chi connectivity index (χ4n) is 2.86. The summed E-state index contributed by atoms with van der Waals surface area (Å²) in [6, 6.07) is 26.6. The number of aryl methyl sites for hydroxylation is 1. The van der Waals surface area contributed by atoms with E-state index in [1.54, 1.807) is 0 Å². The Bertz CT molecular complexity index is 1110. The second-order valence-electron chi connectivity index (χ2n) is 6.30. The standard InChI is InChI=1S/C25H17FO/c1-18-12-15-21(16-13-18)24-22(17-14-19-8-4-2-5-9-19)23(26)25(27-24)20-10-6-3-7-11-20/h2-13,15-16H,1H3. The van der Waals surface area contributed by atoms with Crippen LogP contribution in [0.1, 0.15) is 16.7 Å². The quantitative estimate of drug-likeness (QED) is 0.377. The Hall–Kier alpha value is -3.57. The van der Waals surface area contributed by atoms with Gasteiger partial charge in [-0.15, -0.1) is 0 Å². The molecule has 0 N–H and O–H groups in total.